The van der Waals surface area contributed by atoms with Gasteiger partial charge in [0.25, 0.3) is 5.91 Å². The normalized spacial score (nSPS) is 16.9. The summed E-state index contributed by atoms with van der Waals surface area (Å²) < 4.78 is 0.795. The molecule has 23 heavy (non-hydrogen) atoms. The molecule has 1 fully saturated rings. The second-order valence-electron chi connectivity index (χ2n) is 5.84. The number of amides is 2. The van der Waals surface area contributed by atoms with E-state index in [1.54, 1.807) is 18.5 Å². The summed E-state index contributed by atoms with van der Waals surface area (Å²) in [4.78, 5) is 32.3. The van der Waals surface area contributed by atoms with E-state index in [-0.39, 0.29) is 17.9 Å². The van der Waals surface area contributed by atoms with E-state index in [9.17, 15) is 9.59 Å². The molecule has 0 spiro atoms. The first-order chi connectivity index (χ1) is 11.0. The van der Waals surface area contributed by atoms with Gasteiger partial charge in [0.1, 0.15) is 0 Å². The SMILES string of the molecule is CCC(C)NC(=O)CN1CCN(C(=O)c2cncc(Br)c2)CC1. The standard InChI is InChI=1S/C16H23BrN4O2/c1-3-12(2)19-15(22)11-20-4-6-21(7-5-20)16(23)13-8-14(17)10-18-9-13/h8-10,12H,3-7,11H2,1-2H3,(H,19,22). The van der Waals surface area contributed by atoms with Gasteiger partial charge in [0.05, 0.1) is 12.1 Å². The highest BCUT2D eigenvalue weighted by atomic mass is 79.9. The third-order valence-electron chi connectivity index (χ3n) is 4.00. The van der Waals surface area contributed by atoms with Gasteiger partial charge >= 0.3 is 0 Å². The minimum atomic E-state index is -0.0116. The zero-order valence-electron chi connectivity index (χ0n) is 13.6. The number of carbonyl (C=O) groups excluding carboxylic acids is 2. The van der Waals surface area contributed by atoms with Crippen LogP contribution in [0.15, 0.2) is 22.9 Å². The van der Waals surface area contributed by atoms with E-state index in [2.05, 4.69) is 31.1 Å². The average molecular weight is 383 g/mol. The van der Waals surface area contributed by atoms with Crippen molar-refractivity contribution in [2.24, 2.45) is 0 Å². The van der Waals surface area contributed by atoms with Gasteiger partial charge in [-0.05, 0) is 35.3 Å². The van der Waals surface area contributed by atoms with Gasteiger partial charge in [0, 0.05) is 49.1 Å². The van der Waals surface area contributed by atoms with Gasteiger partial charge in [-0.3, -0.25) is 19.5 Å². The smallest absolute Gasteiger partial charge is 0.255 e. The summed E-state index contributed by atoms with van der Waals surface area (Å²) in [5.74, 6) is 0.0397. The molecule has 1 N–H and O–H groups in total. The van der Waals surface area contributed by atoms with Crippen molar-refractivity contribution in [3.63, 3.8) is 0 Å². The number of carbonyl (C=O) groups is 2. The number of hydrogen-bond donors (Lipinski definition) is 1. The molecule has 2 amide bonds. The Morgan fingerprint density at radius 1 is 1.30 bits per heavy atom. The Bertz CT molecular complexity index is 559. The van der Waals surface area contributed by atoms with Crippen LogP contribution in [0.3, 0.4) is 0 Å². The lowest BCUT2D eigenvalue weighted by Crippen LogP contribution is -2.51. The highest BCUT2D eigenvalue weighted by molar-refractivity contribution is 9.10. The monoisotopic (exact) mass is 382 g/mol. The summed E-state index contributed by atoms with van der Waals surface area (Å²) in [6.45, 7) is 7.11. The van der Waals surface area contributed by atoms with Crippen molar-refractivity contribution in [1.29, 1.82) is 0 Å². The molecule has 0 aromatic carbocycles. The molecular weight excluding hydrogens is 360 g/mol. The van der Waals surface area contributed by atoms with Crippen LogP contribution in [0.1, 0.15) is 30.6 Å². The maximum absolute atomic E-state index is 12.4. The molecule has 2 rings (SSSR count). The van der Waals surface area contributed by atoms with Gasteiger partial charge < -0.3 is 10.2 Å². The molecule has 1 saturated heterocycles. The molecule has 7 heteroatoms. The molecule has 1 atom stereocenters. The average Bonchev–Trinajstić information content (AvgIpc) is 2.54. The molecule has 1 aromatic rings. The van der Waals surface area contributed by atoms with Crippen molar-refractivity contribution in [3.8, 4) is 0 Å². The van der Waals surface area contributed by atoms with Crippen LogP contribution in [0, 0.1) is 0 Å². The first kappa shape index (κ1) is 17.9. The lowest BCUT2D eigenvalue weighted by Gasteiger charge is -2.34. The van der Waals surface area contributed by atoms with Crippen molar-refractivity contribution in [2.45, 2.75) is 26.3 Å². The van der Waals surface area contributed by atoms with Crippen LogP contribution >= 0.6 is 15.9 Å². The van der Waals surface area contributed by atoms with Gasteiger partial charge in [-0.2, -0.15) is 0 Å². The molecule has 0 radical (unpaired) electrons. The predicted octanol–water partition coefficient (Wildman–Crippen LogP) is 1.52. The molecule has 1 aromatic heterocycles. The third kappa shape index (κ3) is 5.28. The van der Waals surface area contributed by atoms with Crippen molar-refractivity contribution >= 4 is 27.7 Å². The van der Waals surface area contributed by atoms with E-state index in [0.717, 1.165) is 10.9 Å². The van der Waals surface area contributed by atoms with Crippen molar-refractivity contribution in [2.75, 3.05) is 32.7 Å². The Morgan fingerprint density at radius 2 is 2.00 bits per heavy atom. The lowest BCUT2D eigenvalue weighted by molar-refractivity contribution is -0.123. The molecule has 6 nitrogen and oxygen atoms in total. The maximum atomic E-state index is 12.4. The topological polar surface area (TPSA) is 65.5 Å². The quantitative estimate of drug-likeness (QED) is 0.838. The first-order valence-electron chi connectivity index (χ1n) is 7.91. The number of aromatic nitrogens is 1. The number of rotatable bonds is 5. The van der Waals surface area contributed by atoms with Crippen LogP contribution in [0.4, 0.5) is 0 Å². The van der Waals surface area contributed by atoms with Crippen LogP contribution in [0.5, 0.6) is 0 Å². The fourth-order valence-electron chi connectivity index (χ4n) is 2.45. The Balaban J connectivity index is 1.82. The largest absolute Gasteiger partial charge is 0.353 e. The van der Waals surface area contributed by atoms with Crippen LogP contribution in [0.25, 0.3) is 0 Å². The van der Waals surface area contributed by atoms with Gasteiger partial charge in [0.15, 0.2) is 0 Å². The molecule has 2 heterocycles. The highest BCUT2D eigenvalue weighted by Gasteiger charge is 2.23. The van der Waals surface area contributed by atoms with Crippen LogP contribution < -0.4 is 5.32 Å². The van der Waals surface area contributed by atoms with E-state index in [4.69, 9.17) is 0 Å². The van der Waals surface area contributed by atoms with Crippen LogP contribution in [0.2, 0.25) is 0 Å². The van der Waals surface area contributed by atoms with Crippen molar-refractivity contribution in [1.82, 2.24) is 20.1 Å². The molecule has 1 aliphatic rings. The van der Waals surface area contributed by atoms with E-state index < -0.39 is 0 Å². The van der Waals surface area contributed by atoms with Crippen LogP contribution in [-0.2, 0) is 4.79 Å². The third-order valence-corrected chi connectivity index (χ3v) is 4.43. The molecule has 0 bridgehead atoms. The minimum absolute atomic E-state index is 0.0116. The van der Waals surface area contributed by atoms with Gasteiger partial charge in [-0.25, -0.2) is 0 Å². The summed E-state index contributed by atoms with van der Waals surface area (Å²) in [5, 5.41) is 2.97. The number of halogens is 1. The Hall–Kier alpha value is -1.47. The minimum Gasteiger partial charge on any atom is -0.353 e. The highest BCUT2D eigenvalue weighted by Crippen LogP contribution is 2.13. The van der Waals surface area contributed by atoms with E-state index in [1.807, 2.05) is 18.7 Å². The molecule has 0 aliphatic carbocycles. The first-order valence-corrected chi connectivity index (χ1v) is 8.70. The van der Waals surface area contributed by atoms with Gasteiger partial charge in [-0.1, -0.05) is 6.92 Å². The Labute approximate surface area is 145 Å². The fourth-order valence-corrected chi connectivity index (χ4v) is 2.81. The van der Waals surface area contributed by atoms with Gasteiger partial charge in [0.2, 0.25) is 5.91 Å². The summed E-state index contributed by atoms with van der Waals surface area (Å²) in [5.41, 5.74) is 0.585. The number of nitrogens with zero attached hydrogens (tertiary/aromatic N) is 3. The lowest BCUT2D eigenvalue weighted by atomic mass is 10.2. The summed E-state index contributed by atoms with van der Waals surface area (Å²) in [7, 11) is 0. The molecule has 1 unspecified atom stereocenters. The molecule has 0 saturated carbocycles. The van der Waals surface area contributed by atoms with E-state index in [0.29, 0.717) is 38.3 Å². The number of hydrogen-bond acceptors (Lipinski definition) is 4. The number of pyridine rings is 1. The second-order valence-corrected chi connectivity index (χ2v) is 6.75. The van der Waals surface area contributed by atoms with E-state index >= 15 is 0 Å². The Morgan fingerprint density at radius 3 is 2.61 bits per heavy atom. The Kier molecular flexibility index (Phi) is 6.53. The van der Waals surface area contributed by atoms with Crippen LogP contribution in [-0.4, -0.2) is 65.4 Å². The maximum Gasteiger partial charge on any atom is 0.255 e. The molecule has 1 aliphatic heterocycles. The second kappa shape index (κ2) is 8.40. The van der Waals surface area contributed by atoms with Crippen molar-refractivity contribution in [3.05, 3.63) is 28.5 Å². The molecular formula is C16H23BrN4O2. The van der Waals surface area contributed by atoms with Gasteiger partial charge in [-0.15, -0.1) is 0 Å². The summed E-state index contributed by atoms with van der Waals surface area (Å²) >= 11 is 3.33. The fraction of sp³-hybridized carbons (Fsp3) is 0.562. The van der Waals surface area contributed by atoms with Crippen molar-refractivity contribution < 1.29 is 9.59 Å². The zero-order valence-corrected chi connectivity index (χ0v) is 15.2. The predicted molar refractivity (Wildman–Crippen MR) is 92.2 cm³/mol. The summed E-state index contributed by atoms with van der Waals surface area (Å²) in [6, 6.07) is 1.98. The zero-order chi connectivity index (χ0) is 16.8. The molecule has 126 valence electrons. The number of nitrogens with one attached hydrogen (secondary N) is 1. The summed E-state index contributed by atoms with van der Waals surface area (Å²) in [6.07, 6.45) is 4.17. The van der Waals surface area contributed by atoms with E-state index in [1.165, 1.54) is 0 Å². The number of piperazine rings is 1.